The first-order valence-corrected chi connectivity index (χ1v) is 16.5. The summed E-state index contributed by atoms with van der Waals surface area (Å²) in [6.07, 6.45) is 0. The van der Waals surface area contributed by atoms with Crippen molar-refractivity contribution in [3.8, 4) is 0 Å². The van der Waals surface area contributed by atoms with Gasteiger partial charge in [0, 0.05) is 58.5 Å². The van der Waals surface area contributed by atoms with Crippen LogP contribution in [0, 0.1) is 0 Å². The summed E-state index contributed by atoms with van der Waals surface area (Å²) in [6, 6.07) is 8.04. The molecule has 4 aromatic rings. The van der Waals surface area contributed by atoms with Crippen LogP contribution >= 0.6 is 39.1 Å². The summed E-state index contributed by atoms with van der Waals surface area (Å²) >= 11 is 14.5. The highest BCUT2D eigenvalue weighted by Crippen LogP contribution is 2.23. The van der Waals surface area contributed by atoms with E-state index in [0.717, 1.165) is 71.4 Å². The normalized spacial score (nSPS) is 17.7. The Kier molecular flexibility index (Phi) is 11.6. The second-order valence-corrected chi connectivity index (χ2v) is 13.2. The van der Waals surface area contributed by atoms with E-state index in [-0.39, 0.29) is 23.7 Å². The standard InChI is InChI=1S/C14H17ClN6O2.C9H14N4O.C5H4BrClN2O.CH4/c1-19-14(22)11(5-12(15)17-19)16-13-4-9-6-20(10-7-23-8-10)2-3-21(9)18-13;10-9-3-7-4-12(8-5-14-6-8)1-2-13(7)11-9;1-9-5(10)3(6)2-4(7)8-9;/h4-5,10H,2-3,6-8H2,1H3,(H,16,18);3,8H,1-2,4-6H2,(H2,10,11);2H,1H3;1H4. The lowest BCUT2D eigenvalue weighted by molar-refractivity contribution is -0.0735. The van der Waals surface area contributed by atoms with Crippen molar-refractivity contribution in [3.63, 3.8) is 0 Å². The average molecular weight is 771 g/mol. The van der Waals surface area contributed by atoms with E-state index in [9.17, 15) is 9.59 Å². The number of fused-ring (bicyclic) bond motifs is 2. The van der Waals surface area contributed by atoms with Crippen LogP contribution in [0.1, 0.15) is 18.8 Å². The first-order chi connectivity index (χ1) is 22.5. The van der Waals surface area contributed by atoms with Crippen LogP contribution in [-0.4, -0.2) is 101 Å². The summed E-state index contributed by atoms with van der Waals surface area (Å²) in [5.41, 5.74) is 7.94. The van der Waals surface area contributed by atoms with E-state index in [0.29, 0.717) is 39.0 Å². The van der Waals surface area contributed by atoms with Gasteiger partial charge in [-0.1, -0.05) is 30.6 Å². The molecule has 0 atom stereocenters. The molecule has 0 bridgehead atoms. The fraction of sp³-hybridized carbons (Fsp3) is 0.517. The van der Waals surface area contributed by atoms with Crippen molar-refractivity contribution in [2.45, 2.75) is 45.7 Å². The minimum absolute atomic E-state index is 0. The number of hydrogen-bond donors (Lipinski definition) is 2. The highest BCUT2D eigenvalue weighted by molar-refractivity contribution is 9.10. The molecule has 8 rings (SSSR count). The number of nitrogens with two attached hydrogens (primary N) is 1. The van der Waals surface area contributed by atoms with Gasteiger partial charge >= 0.3 is 0 Å². The molecule has 4 aliphatic rings. The van der Waals surface area contributed by atoms with Gasteiger partial charge in [0.15, 0.2) is 16.1 Å². The van der Waals surface area contributed by atoms with Crippen molar-refractivity contribution in [1.82, 2.24) is 48.9 Å². The van der Waals surface area contributed by atoms with E-state index < -0.39 is 0 Å². The molecule has 2 saturated heterocycles. The Morgan fingerprint density at radius 3 is 1.83 bits per heavy atom. The van der Waals surface area contributed by atoms with Gasteiger partial charge in [0.25, 0.3) is 11.1 Å². The van der Waals surface area contributed by atoms with Crippen LogP contribution in [0.15, 0.2) is 38.3 Å². The van der Waals surface area contributed by atoms with E-state index in [1.807, 2.05) is 21.5 Å². The van der Waals surface area contributed by atoms with Crippen LogP contribution in [0.3, 0.4) is 0 Å². The molecule has 16 nitrogen and oxygen atoms in total. The minimum Gasteiger partial charge on any atom is -0.382 e. The summed E-state index contributed by atoms with van der Waals surface area (Å²) in [7, 11) is 3.11. The van der Waals surface area contributed by atoms with Gasteiger partial charge in [0.05, 0.1) is 67.5 Å². The topological polar surface area (TPSA) is 168 Å². The molecule has 0 radical (unpaired) electrons. The zero-order valence-electron chi connectivity index (χ0n) is 25.9. The van der Waals surface area contributed by atoms with Gasteiger partial charge < -0.3 is 20.5 Å². The molecule has 0 spiro atoms. The number of aromatic nitrogens is 8. The molecule has 48 heavy (non-hydrogen) atoms. The third kappa shape index (κ3) is 8.27. The minimum atomic E-state index is -0.242. The first-order valence-electron chi connectivity index (χ1n) is 15.0. The molecule has 0 saturated carbocycles. The molecule has 0 amide bonds. The van der Waals surface area contributed by atoms with Crippen LogP contribution in [0.2, 0.25) is 10.3 Å². The van der Waals surface area contributed by atoms with Crippen LogP contribution in [0.4, 0.5) is 17.3 Å². The highest BCUT2D eigenvalue weighted by atomic mass is 79.9. The smallest absolute Gasteiger partial charge is 0.290 e. The van der Waals surface area contributed by atoms with Crippen LogP contribution < -0.4 is 22.2 Å². The number of rotatable bonds is 4. The van der Waals surface area contributed by atoms with Crippen molar-refractivity contribution in [2.75, 3.05) is 50.6 Å². The van der Waals surface area contributed by atoms with Gasteiger partial charge in [-0.15, -0.1) is 0 Å². The SMILES string of the molecule is C.Cn1nc(Cl)cc(Br)c1=O.Cn1nc(Cl)cc(Nc2cc3n(n2)CCN(C2COC2)C3)c1=O.Nc1cc2n(n1)CCN(C1COC1)C2. The summed E-state index contributed by atoms with van der Waals surface area (Å²) in [5, 5.41) is 19.9. The summed E-state index contributed by atoms with van der Waals surface area (Å²) < 4.78 is 17.2. The number of nitrogens with zero attached hydrogens (tertiary/aromatic N) is 10. The van der Waals surface area contributed by atoms with E-state index >= 15 is 0 Å². The number of ether oxygens (including phenoxy) is 2. The molecule has 4 aliphatic heterocycles. The molecule has 0 aromatic carbocycles. The quantitative estimate of drug-likeness (QED) is 0.311. The Labute approximate surface area is 295 Å². The number of nitrogens with one attached hydrogen (secondary N) is 1. The number of hydrogen-bond acceptors (Lipinski definition) is 12. The maximum Gasteiger partial charge on any atom is 0.290 e. The van der Waals surface area contributed by atoms with Gasteiger partial charge in [0.1, 0.15) is 11.5 Å². The fourth-order valence-electron chi connectivity index (χ4n) is 5.49. The van der Waals surface area contributed by atoms with E-state index in [1.165, 1.54) is 27.2 Å². The molecule has 8 heterocycles. The molecule has 19 heteroatoms. The van der Waals surface area contributed by atoms with Gasteiger partial charge in [-0.05, 0) is 22.0 Å². The first kappa shape index (κ1) is 36.0. The predicted molar refractivity (Wildman–Crippen MR) is 186 cm³/mol. The average Bonchev–Trinajstić information content (AvgIpc) is 3.54. The van der Waals surface area contributed by atoms with Gasteiger partial charge in [-0.2, -0.15) is 20.4 Å². The number of aryl methyl sites for hydroxylation is 2. The number of halogens is 3. The van der Waals surface area contributed by atoms with Crippen LogP contribution in [0.25, 0.3) is 0 Å². The molecular weight excluding hydrogens is 731 g/mol. The fourth-order valence-corrected chi connectivity index (χ4v) is 6.54. The largest absolute Gasteiger partial charge is 0.382 e. The van der Waals surface area contributed by atoms with Crippen molar-refractivity contribution in [2.24, 2.45) is 14.1 Å². The maximum atomic E-state index is 12.1. The van der Waals surface area contributed by atoms with Gasteiger partial charge in [-0.25, -0.2) is 9.36 Å². The van der Waals surface area contributed by atoms with Crippen molar-refractivity contribution in [3.05, 3.63) is 71.1 Å². The summed E-state index contributed by atoms with van der Waals surface area (Å²) in [6.45, 7) is 8.98. The zero-order valence-corrected chi connectivity index (χ0v) is 28.9. The number of nitrogen functional groups attached to an aromatic ring is 1. The molecule has 0 aliphatic carbocycles. The van der Waals surface area contributed by atoms with E-state index in [2.05, 4.69) is 51.4 Å². The predicted octanol–water partition coefficient (Wildman–Crippen LogP) is 2.10. The van der Waals surface area contributed by atoms with E-state index in [1.54, 1.807) is 14.1 Å². The molecular formula is C29H39BrCl2N12O4. The monoisotopic (exact) mass is 768 g/mol. The Morgan fingerprint density at radius 1 is 0.771 bits per heavy atom. The van der Waals surface area contributed by atoms with E-state index in [4.69, 9.17) is 38.4 Å². The highest BCUT2D eigenvalue weighted by Gasteiger charge is 2.30. The summed E-state index contributed by atoms with van der Waals surface area (Å²) in [5.74, 6) is 1.28. The molecule has 3 N–H and O–H groups in total. The second kappa shape index (κ2) is 15.5. The number of anilines is 3. The van der Waals surface area contributed by atoms with Gasteiger partial charge in [0.2, 0.25) is 0 Å². The third-order valence-corrected chi connectivity index (χ3v) is 9.17. The van der Waals surface area contributed by atoms with Crippen molar-refractivity contribution >= 4 is 56.5 Å². The van der Waals surface area contributed by atoms with Gasteiger partial charge in [-0.3, -0.25) is 28.8 Å². The molecule has 260 valence electrons. The van der Waals surface area contributed by atoms with Crippen LogP contribution in [0.5, 0.6) is 0 Å². The lowest BCUT2D eigenvalue weighted by atomic mass is 10.2. The third-order valence-electron chi connectivity index (χ3n) is 8.23. The Balaban J connectivity index is 0.000000154. The molecule has 0 unspecified atom stereocenters. The summed E-state index contributed by atoms with van der Waals surface area (Å²) in [4.78, 5) is 27.8. The molecule has 2 fully saturated rings. The lowest BCUT2D eigenvalue weighted by Gasteiger charge is -2.39. The lowest BCUT2D eigenvalue weighted by Crippen LogP contribution is -2.51. The Morgan fingerprint density at radius 2 is 1.29 bits per heavy atom. The second-order valence-electron chi connectivity index (χ2n) is 11.5. The maximum absolute atomic E-state index is 12.1. The molecule has 4 aromatic heterocycles. The van der Waals surface area contributed by atoms with Crippen molar-refractivity contribution in [1.29, 1.82) is 0 Å². The zero-order chi connectivity index (χ0) is 33.2. The van der Waals surface area contributed by atoms with Crippen LogP contribution in [-0.2, 0) is 49.7 Å². The van der Waals surface area contributed by atoms with Crippen molar-refractivity contribution < 1.29 is 9.47 Å². The Hall–Kier alpha value is -3.32. The Bertz CT molecular complexity index is 1830.